The fourth-order valence-electron chi connectivity index (χ4n) is 1.93. The Hall–Kier alpha value is -2.74. The van der Waals surface area contributed by atoms with E-state index < -0.39 is 26.3 Å². The minimum absolute atomic E-state index is 0.0227. The maximum Gasteiger partial charge on any atom is 0.310 e. The topological polar surface area (TPSA) is 108 Å². The lowest BCUT2D eigenvalue weighted by Crippen LogP contribution is -2.16. The first-order valence-corrected chi connectivity index (χ1v) is 8.18. The number of carbonyl (C=O) groups excluding carboxylic acids is 1. The van der Waals surface area contributed by atoms with Gasteiger partial charge in [-0.15, -0.1) is 0 Å². The maximum absolute atomic E-state index is 12.3. The highest BCUT2D eigenvalue weighted by atomic mass is 32.2. The number of carbonyl (C=O) groups is 1. The number of nitrogens with zero attached hydrogens (tertiary/aromatic N) is 1. The fraction of sp³-hybridized carbons (Fsp3) is 0.133. The SMILES string of the molecule is COc1ccc(S(=O)(=[OH+])CC(=O)c2cccc([N+](=O)[O-])c2)cc1. The zero-order valence-electron chi connectivity index (χ0n) is 12.2. The first kappa shape index (κ1) is 16.6. The Morgan fingerprint density at radius 2 is 1.91 bits per heavy atom. The van der Waals surface area contributed by atoms with Gasteiger partial charge in [0.25, 0.3) is 5.69 Å². The number of hydrogen-bond acceptors (Lipinski definition) is 5. The van der Waals surface area contributed by atoms with Gasteiger partial charge in [-0.05, 0) is 24.3 Å². The van der Waals surface area contributed by atoms with E-state index in [1.165, 1.54) is 49.6 Å². The molecule has 0 aromatic heterocycles. The van der Waals surface area contributed by atoms with Crippen molar-refractivity contribution in [1.82, 2.24) is 0 Å². The van der Waals surface area contributed by atoms with Crippen LogP contribution in [0.2, 0.25) is 0 Å². The van der Waals surface area contributed by atoms with Crippen LogP contribution < -0.4 is 4.74 Å². The minimum atomic E-state index is -3.59. The summed E-state index contributed by atoms with van der Waals surface area (Å²) in [6, 6.07) is 10.9. The average Bonchev–Trinajstić information content (AvgIpc) is 2.54. The van der Waals surface area contributed by atoms with Crippen LogP contribution in [0.5, 0.6) is 5.75 Å². The Bertz CT molecular complexity index is 843. The Kier molecular flexibility index (Phi) is 4.75. The summed E-state index contributed by atoms with van der Waals surface area (Å²) in [6.45, 7) is 0. The molecule has 120 valence electrons. The molecule has 1 N–H and O–H groups in total. The van der Waals surface area contributed by atoms with E-state index in [4.69, 9.17) is 4.74 Å². The van der Waals surface area contributed by atoms with Crippen molar-refractivity contribution in [2.45, 2.75) is 4.90 Å². The lowest BCUT2D eigenvalue weighted by atomic mass is 10.1. The third kappa shape index (κ3) is 3.92. The van der Waals surface area contributed by atoms with Crippen LogP contribution in [0.4, 0.5) is 5.69 Å². The molecule has 0 heterocycles. The molecule has 2 rings (SSSR count). The molecule has 0 spiro atoms. The van der Waals surface area contributed by atoms with Crippen LogP contribution in [0.3, 0.4) is 0 Å². The van der Waals surface area contributed by atoms with Gasteiger partial charge in [0.2, 0.25) is 0 Å². The molecule has 0 radical (unpaired) electrons. The van der Waals surface area contributed by atoms with Crippen LogP contribution >= 0.6 is 0 Å². The molecule has 8 heteroatoms. The number of nitro groups is 1. The molecule has 7 nitrogen and oxygen atoms in total. The predicted octanol–water partition coefficient (Wildman–Crippen LogP) is 2.42. The standard InChI is InChI=1S/C15H13NO6S/c1-22-13-5-7-14(8-6-13)23(20,21)10-15(17)11-3-2-4-12(9-11)16(18)19/h2-9H,10H2,1H3/p+1. The van der Waals surface area contributed by atoms with E-state index in [-0.39, 0.29) is 16.1 Å². The number of Topliss-reactive ketones (excluding diaryl/α,β-unsaturated/α-hetero) is 1. The Morgan fingerprint density at radius 1 is 1.26 bits per heavy atom. The van der Waals surface area contributed by atoms with Gasteiger partial charge in [-0.3, -0.25) is 14.9 Å². The van der Waals surface area contributed by atoms with Gasteiger partial charge in [-0.25, -0.2) is 4.21 Å². The van der Waals surface area contributed by atoms with Gasteiger partial charge in [-0.2, -0.15) is 4.21 Å². The second kappa shape index (κ2) is 6.57. The molecular weight excluding hydrogens is 322 g/mol. The van der Waals surface area contributed by atoms with Crippen LogP contribution in [-0.4, -0.2) is 32.0 Å². The van der Waals surface area contributed by atoms with Crippen molar-refractivity contribution in [3.8, 4) is 5.75 Å². The molecule has 0 fully saturated rings. The Labute approximate surface area is 132 Å². The summed E-state index contributed by atoms with van der Waals surface area (Å²) in [5.74, 6) is -0.772. The van der Waals surface area contributed by atoms with Crippen molar-refractivity contribution >= 4 is 21.3 Å². The number of ether oxygens (including phenoxy) is 1. The Morgan fingerprint density at radius 3 is 2.48 bits per heavy atom. The number of hydrogen-bond donors (Lipinski definition) is 0. The van der Waals surface area contributed by atoms with Gasteiger partial charge in [0.05, 0.1) is 12.0 Å². The van der Waals surface area contributed by atoms with Gasteiger partial charge >= 0.3 is 9.84 Å². The van der Waals surface area contributed by atoms with Crippen molar-refractivity contribution in [2.75, 3.05) is 12.9 Å². The van der Waals surface area contributed by atoms with E-state index >= 15 is 0 Å². The number of benzene rings is 2. The number of non-ortho nitro benzene ring substituents is 1. The number of methoxy groups -OCH3 is 1. The third-order valence-electron chi connectivity index (χ3n) is 3.13. The predicted molar refractivity (Wildman–Crippen MR) is 83.6 cm³/mol. The number of ketones is 1. The zero-order chi connectivity index (χ0) is 17.0. The quantitative estimate of drug-likeness (QED) is 0.348. The second-order valence-corrected chi connectivity index (χ2v) is 6.73. The monoisotopic (exact) mass is 336 g/mol. The van der Waals surface area contributed by atoms with E-state index in [1.54, 1.807) is 0 Å². The smallest absolute Gasteiger partial charge is 0.310 e. The van der Waals surface area contributed by atoms with E-state index in [0.29, 0.717) is 5.75 Å². The van der Waals surface area contributed by atoms with Crippen LogP contribution in [-0.2, 0) is 9.84 Å². The van der Waals surface area contributed by atoms with Crippen LogP contribution in [0.15, 0.2) is 53.4 Å². The van der Waals surface area contributed by atoms with Crippen molar-refractivity contribution < 1.29 is 22.9 Å². The summed E-state index contributed by atoms with van der Waals surface area (Å²) in [4.78, 5) is 22.3. The second-order valence-electron chi connectivity index (χ2n) is 4.69. The van der Waals surface area contributed by atoms with Crippen molar-refractivity contribution in [3.63, 3.8) is 0 Å². The molecule has 0 saturated carbocycles. The Balaban J connectivity index is 2.24. The first-order valence-electron chi connectivity index (χ1n) is 6.49. The lowest BCUT2D eigenvalue weighted by Gasteiger charge is -2.02. The highest BCUT2D eigenvalue weighted by Crippen LogP contribution is 2.19. The summed E-state index contributed by atoms with van der Waals surface area (Å²) in [7, 11) is -2.12. The van der Waals surface area contributed by atoms with E-state index in [9.17, 15) is 23.3 Å². The average molecular weight is 336 g/mol. The summed E-state index contributed by atoms with van der Waals surface area (Å²) < 4.78 is 27.4. The highest BCUT2D eigenvalue weighted by Gasteiger charge is 2.26. The largest absolute Gasteiger partial charge is 0.497 e. The van der Waals surface area contributed by atoms with Crippen LogP contribution in [0.1, 0.15) is 10.4 Å². The third-order valence-corrected chi connectivity index (χ3v) is 4.80. The fourth-order valence-corrected chi connectivity index (χ4v) is 3.18. The van der Waals surface area contributed by atoms with Gasteiger partial charge < -0.3 is 4.74 Å². The normalized spacial score (nSPS) is 13.1. The van der Waals surface area contributed by atoms with E-state index in [0.717, 1.165) is 6.07 Å². The van der Waals surface area contributed by atoms with Crippen molar-refractivity contribution in [1.29, 1.82) is 0 Å². The molecule has 0 aliphatic rings. The molecule has 0 saturated heterocycles. The number of rotatable bonds is 6. The number of nitro benzene ring substituents is 1. The highest BCUT2D eigenvalue weighted by molar-refractivity contribution is 7.92. The van der Waals surface area contributed by atoms with Gasteiger partial charge in [0, 0.05) is 17.7 Å². The molecule has 0 aliphatic carbocycles. The van der Waals surface area contributed by atoms with Gasteiger partial charge in [-0.1, -0.05) is 12.1 Å². The molecular formula is C15H14NO6S+. The molecule has 23 heavy (non-hydrogen) atoms. The first-order chi connectivity index (χ1) is 10.8. The molecule has 1 atom stereocenters. The summed E-state index contributed by atoms with van der Waals surface area (Å²) in [5, 5.41) is 10.7. The van der Waals surface area contributed by atoms with Crippen molar-refractivity contribution in [3.05, 3.63) is 64.2 Å². The molecule has 2 aromatic carbocycles. The van der Waals surface area contributed by atoms with Crippen LogP contribution in [0.25, 0.3) is 0 Å². The van der Waals surface area contributed by atoms with Crippen molar-refractivity contribution in [2.24, 2.45) is 0 Å². The molecule has 0 aliphatic heterocycles. The molecule has 0 bridgehead atoms. The lowest BCUT2D eigenvalue weighted by molar-refractivity contribution is -0.384. The summed E-state index contributed by atoms with van der Waals surface area (Å²) >= 11 is 0. The van der Waals surface area contributed by atoms with E-state index in [2.05, 4.69) is 0 Å². The van der Waals surface area contributed by atoms with Crippen LogP contribution in [0, 0.1) is 10.1 Å². The minimum Gasteiger partial charge on any atom is -0.497 e. The van der Waals surface area contributed by atoms with E-state index in [1.807, 2.05) is 0 Å². The molecule has 1 unspecified atom stereocenters. The molecule has 2 aromatic rings. The zero-order valence-corrected chi connectivity index (χ0v) is 13.0. The van der Waals surface area contributed by atoms with Gasteiger partial charge in [0.1, 0.15) is 10.6 Å². The summed E-state index contributed by atoms with van der Waals surface area (Å²) in [6.07, 6.45) is 0. The maximum atomic E-state index is 12.3. The van der Waals surface area contributed by atoms with Gasteiger partial charge in [0.15, 0.2) is 11.5 Å². The molecule has 0 amide bonds. The summed E-state index contributed by atoms with van der Waals surface area (Å²) in [5.41, 5.74) is -0.223.